The van der Waals surface area contributed by atoms with Gasteiger partial charge in [-0.25, -0.2) is 4.68 Å². The molecule has 1 aliphatic rings. The van der Waals surface area contributed by atoms with E-state index in [0.717, 1.165) is 28.1 Å². The zero-order chi connectivity index (χ0) is 20.5. The minimum absolute atomic E-state index is 0.162. The number of carbonyl (C=O) groups excluding carboxylic acids is 1. The molecule has 6 heteroatoms. The summed E-state index contributed by atoms with van der Waals surface area (Å²) in [7, 11) is 0. The fraction of sp³-hybridized carbons (Fsp3) is 0.304. The van der Waals surface area contributed by atoms with Crippen LogP contribution in [0.15, 0.2) is 54.6 Å². The van der Waals surface area contributed by atoms with Crippen molar-refractivity contribution < 1.29 is 4.79 Å². The summed E-state index contributed by atoms with van der Waals surface area (Å²) >= 11 is 6.75. The molecule has 0 spiro atoms. The number of aromatic nitrogens is 2. The second-order valence-corrected chi connectivity index (χ2v) is 8.08. The molecule has 2 aromatic carbocycles. The Kier molecular flexibility index (Phi) is 5.33. The fourth-order valence-corrected chi connectivity index (χ4v) is 4.48. The zero-order valence-corrected chi connectivity index (χ0v) is 17.4. The second-order valence-electron chi connectivity index (χ2n) is 7.72. The number of benzene rings is 2. The molecule has 0 bridgehead atoms. The Bertz CT molecular complexity index is 1030. The van der Waals surface area contributed by atoms with Crippen molar-refractivity contribution in [3.05, 3.63) is 82.1 Å². The molecular weight excluding hydrogens is 384 g/mol. The van der Waals surface area contributed by atoms with Gasteiger partial charge in [0, 0.05) is 23.8 Å². The van der Waals surface area contributed by atoms with E-state index in [1.807, 2.05) is 48.0 Å². The van der Waals surface area contributed by atoms with E-state index < -0.39 is 0 Å². The maximum absolute atomic E-state index is 12.0. The van der Waals surface area contributed by atoms with Crippen molar-refractivity contribution >= 4 is 23.2 Å². The van der Waals surface area contributed by atoms with Gasteiger partial charge in [0.05, 0.1) is 18.2 Å². The minimum Gasteiger partial charge on any atom is -0.369 e. The molecule has 0 fully saturated rings. The number of anilines is 1. The van der Waals surface area contributed by atoms with Gasteiger partial charge in [0.25, 0.3) is 0 Å². The van der Waals surface area contributed by atoms with E-state index in [9.17, 15) is 4.79 Å². The third-order valence-corrected chi connectivity index (χ3v) is 6.18. The first-order valence-electron chi connectivity index (χ1n) is 9.86. The third kappa shape index (κ3) is 3.75. The third-order valence-electron chi connectivity index (χ3n) is 5.76. The number of aryl methyl sites for hydroxylation is 1. The number of nitrogens with two attached hydrogens (primary N) is 1. The van der Waals surface area contributed by atoms with E-state index >= 15 is 0 Å². The molecule has 150 valence electrons. The Balaban J connectivity index is 1.65. The average molecular weight is 409 g/mol. The molecule has 1 amide bonds. The summed E-state index contributed by atoms with van der Waals surface area (Å²) in [4.78, 5) is 14.3. The molecule has 0 radical (unpaired) electrons. The number of carbonyl (C=O) groups is 1. The number of hydrogen-bond acceptors (Lipinski definition) is 3. The normalized spacial score (nSPS) is 18.5. The van der Waals surface area contributed by atoms with E-state index in [1.165, 1.54) is 0 Å². The van der Waals surface area contributed by atoms with E-state index in [4.69, 9.17) is 17.3 Å². The Morgan fingerprint density at radius 1 is 1.14 bits per heavy atom. The fourth-order valence-electron chi connectivity index (χ4n) is 4.19. The van der Waals surface area contributed by atoms with Crippen LogP contribution in [0, 0.1) is 6.92 Å². The zero-order valence-electron chi connectivity index (χ0n) is 16.7. The maximum atomic E-state index is 12.0. The van der Waals surface area contributed by atoms with Crippen LogP contribution in [0.2, 0.25) is 5.15 Å². The molecule has 29 heavy (non-hydrogen) atoms. The molecule has 0 saturated carbocycles. The van der Waals surface area contributed by atoms with Crippen LogP contribution in [0.25, 0.3) is 0 Å². The molecule has 4 rings (SSSR count). The second kappa shape index (κ2) is 7.91. The largest absolute Gasteiger partial charge is 0.369 e. The van der Waals surface area contributed by atoms with Gasteiger partial charge >= 0.3 is 0 Å². The van der Waals surface area contributed by atoms with Gasteiger partial charge in [0.1, 0.15) is 5.15 Å². The number of halogens is 1. The SMILES string of the molecule is Cc1nn(Cc2ccccc2)c(Cl)c1CN1c2ccccc2[C@@H](C(N)=O)C[C@@H]1C. The minimum atomic E-state index is -0.270. The number of primary amides is 1. The van der Waals surface area contributed by atoms with E-state index in [-0.39, 0.29) is 17.9 Å². The molecule has 2 heterocycles. The van der Waals surface area contributed by atoms with Crippen LogP contribution in [0.5, 0.6) is 0 Å². The molecule has 0 aliphatic carbocycles. The Morgan fingerprint density at radius 2 is 1.83 bits per heavy atom. The van der Waals surface area contributed by atoms with Crippen LogP contribution in [-0.2, 0) is 17.9 Å². The summed E-state index contributed by atoms with van der Waals surface area (Å²) in [6.07, 6.45) is 0.696. The molecule has 0 unspecified atom stereocenters. The van der Waals surface area contributed by atoms with Gasteiger partial charge in [0.2, 0.25) is 5.91 Å². The monoisotopic (exact) mass is 408 g/mol. The highest BCUT2D eigenvalue weighted by molar-refractivity contribution is 6.30. The van der Waals surface area contributed by atoms with E-state index in [2.05, 4.69) is 35.1 Å². The van der Waals surface area contributed by atoms with Crippen LogP contribution in [0.1, 0.15) is 41.6 Å². The van der Waals surface area contributed by atoms with Crippen molar-refractivity contribution in [3.63, 3.8) is 0 Å². The average Bonchev–Trinajstić information content (AvgIpc) is 2.97. The van der Waals surface area contributed by atoms with Gasteiger partial charge in [-0.15, -0.1) is 0 Å². The highest BCUT2D eigenvalue weighted by Gasteiger charge is 2.33. The highest BCUT2D eigenvalue weighted by Crippen LogP contribution is 2.39. The predicted octanol–water partition coefficient (Wildman–Crippen LogP) is 4.26. The Labute approximate surface area is 176 Å². The van der Waals surface area contributed by atoms with E-state index in [1.54, 1.807) is 0 Å². The van der Waals surface area contributed by atoms with Crippen molar-refractivity contribution in [2.75, 3.05) is 4.90 Å². The molecule has 5 nitrogen and oxygen atoms in total. The first-order chi connectivity index (χ1) is 14.0. The summed E-state index contributed by atoms with van der Waals surface area (Å²) in [5.74, 6) is -0.524. The standard InChI is InChI=1S/C23H25ClN4O/c1-15-12-19(23(25)29)18-10-6-7-11-21(18)27(15)14-20-16(2)26-28(22(20)24)13-17-8-4-3-5-9-17/h3-11,15,19H,12-14H2,1-2H3,(H2,25,29)/t15-,19-/m0/s1. The lowest BCUT2D eigenvalue weighted by Gasteiger charge is -2.40. The lowest BCUT2D eigenvalue weighted by Crippen LogP contribution is -2.41. The molecule has 2 atom stereocenters. The number of nitrogens with zero attached hydrogens (tertiary/aromatic N) is 3. The van der Waals surface area contributed by atoms with Crippen molar-refractivity contribution in [1.82, 2.24) is 9.78 Å². The van der Waals surface area contributed by atoms with Gasteiger partial charge in [-0.05, 0) is 37.5 Å². The Hall–Kier alpha value is -2.79. The van der Waals surface area contributed by atoms with Crippen molar-refractivity contribution in [1.29, 1.82) is 0 Å². The van der Waals surface area contributed by atoms with Crippen molar-refractivity contribution in [3.8, 4) is 0 Å². The number of hydrogen-bond donors (Lipinski definition) is 1. The summed E-state index contributed by atoms with van der Waals surface area (Å²) in [5, 5.41) is 5.34. The maximum Gasteiger partial charge on any atom is 0.225 e. The van der Waals surface area contributed by atoms with Gasteiger partial charge in [-0.1, -0.05) is 60.1 Å². The first-order valence-corrected chi connectivity index (χ1v) is 10.2. The first kappa shape index (κ1) is 19.5. The van der Waals surface area contributed by atoms with Crippen LogP contribution in [0.4, 0.5) is 5.69 Å². The smallest absolute Gasteiger partial charge is 0.225 e. The van der Waals surface area contributed by atoms with Gasteiger partial charge in [0.15, 0.2) is 0 Å². The van der Waals surface area contributed by atoms with Gasteiger partial charge in [-0.2, -0.15) is 5.10 Å². The Morgan fingerprint density at radius 3 is 2.55 bits per heavy atom. The molecule has 2 N–H and O–H groups in total. The van der Waals surface area contributed by atoms with Gasteiger partial charge in [-0.3, -0.25) is 4.79 Å². The topological polar surface area (TPSA) is 64.2 Å². The molecule has 0 saturated heterocycles. The molecule has 1 aliphatic heterocycles. The summed E-state index contributed by atoms with van der Waals surface area (Å²) < 4.78 is 1.86. The summed E-state index contributed by atoms with van der Waals surface area (Å²) in [6.45, 7) is 5.40. The van der Waals surface area contributed by atoms with Crippen molar-refractivity contribution in [2.24, 2.45) is 5.73 Å². The molecule has 3 aromatic rings. The number of para-hydroxylation sites is 1. The van der Waals surface area contributed by atoms with Crippen LogP contribution < -0.4 is 10.6 Å². The van der Waals surface area contributed by atoms with Crippen LogP contribution in [-0.4, -0.2) is 21.7 Å². The highest BCUT2D eigenvalue weighted by atomic mass is 35.5. The van der Waals surface area contributed by atoms with Crippen LogP contribution >= 0.6 is 11.6 Å². The number of amides is 1. The molecular formula is C23H25ClN4O. The number of rotatable bonds is 5. The van der Waals surface area contributed by atoms with Gasteiger partial charge < -0.3 is 10.6 Å². The van der Waals surface area contributed by atoms with E-state index in [0.29, 0.717) is 24.7 Å². The van der Waals surface area contributed by atoms with Crippen molar-refractivity contribution in [2.45, 2.75) is 45.3 Å². The number of fused-ring (bicyclic) bond motifs is 1. The summed E-state index contributed by atoms with van der Waals surface area (Å²) in [5.41, 5.74) is 10.8. The predicted molar refractivity (Wildman–Crippen MR) is 116 cm³/mol. The lowest BCUT2D eigenvalue weighted by molar-refractivity contribution is -0.119. The summed E-state index contributed by atoms with van der Waals surface area (Å²) in [6, 6.07) is 18.3. The quantitative estimate of drug-likeness (QED) is 0.686. The van der Waals surface area contributed by atoms with Crippen LogP contribution in [0.3, 0.4) is 0 Å². The molecule has 1 aromatic heterocycles. The lowest BCUT2D eigenvalue weighted by atomic mass is 9.85.